The predicted molar refractivity (Wildman–Crippen MR) is 87.1 cm³/mol. The van der Waals surface area contributed by atoms with E-state index in [-0.39, 0.29) is 5.41 Å². The molecule has 7 heteroatoms. The number of aromatic nitrogens is 5. The average molecular weight is 325 g/mol. The lowest BCUT2D eigenvalue weighted by molar-refractivity contribution is 0.110. The molecular weight excluding hydrogens is 306 g/mol. The Morgan fingerprint density at radius 2 is 1.88 bits per heavy atom. The molecule has 1 fully saturated rings. The van der Waals surface area contributed by atoms with Crippen molar-refractivity contribution in [2.75, 3.05) is 13.7 Å². The van der Waals surface area contributed by atoms with Crippen molar-refractivity contribution in [3.63, 3.8) is 0 Å². The van der Waals surface area contributed by atoms with Gasteiger partial charge in [0.2, 0.25) is 11.7 Å². The van der Waals surface area contributed by atoms with Gasteiger partial charge in [-0.3, -0.25) is 0 Å². The molecule has 4 rings (SSSR count). The van der Waals surface area contributed by atoms with Crippen molar-refractivity contribution in [3.8, 4) is 22.8 Å². The fourth-order valence-electron chi connectivity index (χ4n) is 3.47. The number of nitrogens with one attached hydrogen (secondary N) is 1. The second-order valence-corrected chi connectivity index (χ2v) is 6.23. The highest BCUT2D eigenvalue weighted by Crippen LogP contribution is 2.41. The van der Waals surface area contributed by atoms with E-state index in [4.69, 9.17) is 9.26 Å². The normalized spacial score (nSPS) is 16.5. The van der Waals surface area contributed by atoms with Crippen LogP contribution in [-0.4, -0.2) is 39.3 Å². The molecule has 1 N–H and O–H groups in total. The van der Waals surface area contributed by atoms with Crippen molar-refractivity contribution < 1.29 is 9.26 Å². The van der Waals surface area contributed by atoms with E-state index in [0.29, 0.717) is 24.0 Å². The van der Waals surface area contributed by atoms with Crippen LogP contribution in [0, 0.1) is 0 Å². The average Bonchev–Trinajstić information content (AvgIpc) is 3.36. The number of hydrogen-bond donors (Lipinski definition) is 1. The number of rotatable bonds is 5. The van der Waals surface area contributed by atoms with Gasteiger partial charge >= 0.3 is 0 Å². The topological polar surface area (TPSA) is 89.7 Å². The third kappa shape index (κ3) is 2.50. The van der Waals surface area contributed by atoms with E-state index in [2.05, 4.69) is 25.6 Å². The molecule has 124 valence electrons. The van der Waals surface area contributed by atoms with Gasteiger partial charge in [0.15, 0.2) is 5.69 Å². The van der Waals surface area contributed by atoms with Gasteiger partial charge < -0.3 is 9.26 Å². The number of ether oxygens (including phenoxy) is 1. The summed E-state index contributed by atoms with van der Waals surface area (Å²) < 4.78 is 11.0. The van der Waals surface area contributed by atoms with Crippen LogP contribution in [0.2, 0.25) is 0 Å². The Morgan fingerprint density at radius 3 is 2.62 bits per heavy atom. The van der Waals surface area contributed by atoms with E-state index in [9.17, 15) is 0 Å². The van der Waals surface area contributed by atoms with Gasteiger partial charge in [0.25, 0.3) is 0 Å². The lowest BCUT2D eigenvalue weighted by atomic mass is 9.87. The smallest absolute Gasteiger partial charge is 0.235 e. The largest absolute Gasteiger partial charge is 0.384 e. The molecule has 0 aliphatic heterocycles. The molecule has 1 aliphatic carbocycles. The lowest BCUT2D eigenvalue weighted by Gasteiger charge is -2.22. The second kappa shape index (κ2) is 6.16. The molecule has 24 heavy (non-hydrogen) atoms. The summed E-state index contributed by atoms with van der Waals surface area (Å²) in [5, 5.41) is 15.3. The van der Waals surface area contributed by atoms with Crippen LogP contribution in [0.4, 0.5) is 0 Å². The minimum absolute atomic E-state index is 0.170. The van der Waals surface area contributed by atoms with E-state index < -0.39 is 0 Å². The summed E-state index contributed by atoms with van der Waals surface area (Å²) >= 11 is 0. The van der Waals surface area contributed by atoms with Gasteiger partial charge in [-0.2, -0.15) is 20.4 Å². The van der Waals surface area contributed by atoms with Gasteiger partial charge in [0.1, 0.15) is 5.69 Å². The Kier molecular flexibility index (Phi) is 3.86. The quantitative estimate of drug-likeness (QED) is 0.775. The molecule has 1 saturated carbocycles. The molecule has 0 bridgehead atoms. The molecule has 0 saturated heterocycles. The first-order chi connectivity index (χ1) is 11.8. The minimum Gasteiger partial charge on any atom is -0.384 e. The zero-order chi connectivity index (χ0) is 16.4. The number of benzene rings is 1. The van der Waals surface area contributed by atoms with E-state index in [1.807, 2.05) is 30.3 Å². The van der Waals surface area contributed by atoms with Gasteiger partial charge in [-0.25, -0.2) is 0 Å². The second-order valence-electron chi connectivity index (χ2n) is 6.23. The van der Waals surface area contributed by atoms with Crippen LogP contribution in [0.5, 0.6) is 0 Å². The van der Waals surface area contributed by atoms with Gasteiger partial charge in [-0.1, -0.05) is 48.3 Å². The molecule has 0 radical (unpaired) electrons. The maximum absolute atomic E-state index is 5.60. The Labute approximate surface area is 139 Å². The highest BCUT2D eigenvalue weighted by molar-refractivity contribution is 5.73. The molecule has 0 unspecified atom stereocenters. The highest BCUT2D eigenvalue weighted by Gasteiger charge is 2.41. The van der Waals surface area contributed by atoms with Crippen LogP contribution in [-0.2, 0) is 10.2 Å². The molecule has 1 aromatic carbocycles. The molecule has 2 aromatic heterocycles. The van der Waals surface area contributed by atoms with Crippen molar-refractivity contribution in [1.29, 1.82) is 0 Å². The van der Waals surface area contributed by atoms with Gasteiger partial charge in [-0.05, 0) is 12.8 Å². The Hall–Kier alpha value is -2.54. The Balaban J connectivity index is 1.70. The number of hydrogen-bond acceptors (Lipinski definition) is 6. The van der Waals surface area contributed by atoms with Crippen LogP contribution < -0.4 is 0 Å². The summed E-state index contributed by atoms with van der Waals surface area (Å²) in [5.74, 6) is 1.10. The van der Waals surface area contributed by atoms with Gasteiger partial charge in [0, 0.05) is 12.7 Å². The van der Waals surface area contributed by atoms with Crippen molar-refractivity contribution in [2.24, 2.45) is 0 Å². The van der Waals surface area contributed by atoms with Gasteiger partial charge in [0.05, 0.1) is 12.0 Å². The van der Waals surface area contributed by atoms with Crippen LogP contribution in [0.25, 0.3) is 22.8 Å². The van der Waals surface area contributed by atoms with Crippen LogP contribution >= 0.6 is 0 Å². The maximum Gasteiger partial charge on any atom is 0.235 e. The van der Waals surface area contributed by atoms with E-state index >= 15 is 0 Å². The molecule has 3 aromatic rings. The molecule has 0 atom stereocenters. The summed E-state index contributed by atoms with van der Waals surface area (Å²) in [6.07, 6.45) is 4.32. The minimum atomic E-state index is -0.170. The maximum atomic E-state index is 5.60. The first-order valence-corrected chi connectivity index (χ1v) is 8.12. The number of nitrogens with zero attached hydrogens (tertiary/aromatic N) is 4. The summed E-state index contributed by atoms with van der Waals surface area (Å²) in [4.78, 5) is 4.63. The molecule has 0 spiro atoms. The first-order valence-electron chi connectivity index (χ1n) is 8.12. The molecule has 7 nitrogen and oxygen atoms in total. The highest BCUT2D eigenvalue weighted by atomic mass is 16.5. The first kappa shape index (κ1) is 15.0. The molecule has 1 aliphatic rings. The lowest BCUT2D eigenvalue weighted by Crippen LogP contribution is -2.28. The summed E-state index contributed by atoms with van der Waals surface area (Å²) in [6.45, 7) is 0.596. The third-order valence-electron chi connectivity index (χ3n) is 4.67. The zero-order valence-corrected chi connectivity index (χ0v) is 13.5. The van der Waals surface area contributed by atoms with E-state index in [1.54, 1.807) is 7.11 Å². The fourth-order valence-corrected chi connectivity index (χ4v) is 3.47. The van der Waals surface area contributed by atoms with Crippen molar-refractivity contribution in [1.82, 2.24) is 25.6 Å². The number of H-pyrrole nitrogens is 1. The SMILES string of the molecule is COCC1(c2nc(-c3n[nH]nc3-c3ccccc3)no2)CCCC1. The fraction of sp³-hybridized carbons (Fsp3) is 0.412. The summed E-state index contributed by atoms with van der Waals surface area (Å²) in [6, 6.07) is 9.84. The Bertz CT molecular complexity index is 805. The van der Waals surface area contributed by atoms with Crippen LogP contribution in [0.15, 0.2) is 34.9 Å². The predicted octanol–water partition coefficient (Wildman–Crippen LogP) is 2.98. The summed E-state index contributed by atoms with van der Waals surface area (Å²) in [5.41, 5.74) is 2.11. The van der Waals surface area contributed by atoms with Crippen LogP contribution in [0.3, 0.4) is 0 Å². The summed E-state index contributed by atoms with van der Waals surface area (Å²) in [7, 11) is 1.71. The van der Waals surface area contributed by atoms with E-state index in [1.165, 1.54) is 0 Å². The molecule has 0 amide bonds. The number of aromatic amines is 1. The van der Waals surface area contributed by atoms with Gasteiger partial charge in [-0.15, -0.1) is 0 Å². The molecular formula is C17H19N5O2. The standard InChI is InChI=1S/C17H19N5O2/c1-23-11-17(9-5-6-10-17)16-18-15(21-24-16)14-13(19-22-20-14)12-7-3-2-4-8-12/h2-4,7-8H,5-6,9-11H2,1H3,(H,19,20,22). The van der Waals surface area contributed by atoms with Crippen molar-refractivity contribution in [2.45, 2.75) is 31.1 Å². The number of methoxy groups -OCH3 is 1. The molecule has 2 heterocycles. The van der Waals surface area contributed by atoms with E-state index in [0.717, 1.165) is 36.9 Å². The zero-order valence-electron chi connectivity index (χ0n) is 13.5. The monoisotopic (exact) mass is 325 g/mol. The van der Waals surface area contributed by atoms with Crippen LogP contribution in [0.1, 0.15) is 31.6 Å². The van der Waals surface area contributed by atoms with Crippen molar-refractivity contribution >= 4 is 0 Å². The third-order valence-corrected chi connectivity index (χ3v) is 4.67. The Morgan fingerprint density at radius 1 is 1.12 bits per heavy atom. The van der Waals surface area contributed by atoms with Crippen molar-refractivity contribution in [3.05, 3.63) is 36.2 Å².